The van der Waals surface area contributed by atoms with Crippen LogP contribution in [0.5, 0.6) is 0 Å². The largest absolute Gasteiger partial charge is 0.478 e. The van der Waals surface area contributed by atoms with E-state index >= 15 is 0 Å². The maximum atomic E-state index is 10.4. The van der Waals surface area contributed by atoms with Crippen LogP contribution in [0.3, 0.4) is 0 Å². The maximum Gasteiger partial charge on any atom is 0.331 e. The Kier molecular flexibility index (Phi) is 3.77. The molecule has 0 aromatic heterocycles. The highest BCUT2D eigenvalue weighted by molar-refractivity contribution is 5.86. The molecular weight excluding hydrogens is 128 g/mol. The standard InChI is InChI=1S/C8H14O2/c1-4-5-6(2)7(3)8(9)10/h4-5H2,1-3H3,(H,9,10)/b7-6+. The van der Waals surface area contributed by atoms with Crippen molar-refractivity contribution >= 4 is 5.97 Å². The lowest BCUT2D eigenvalue weighted by molar-refractivity contribution is -0.132. The highest BCUT2D eigenvalue weighted by atomic mass is 16.4. The topological polar surface area (TPSA) is 37.3 Å². The van der Waals surface area contributed by atoms with Gasteiger partial charge in [-0.25, -0.2) is 4.79 Å². The Morgan fingerprint density at radius 3 is 2.20 bits per heavy atom. The first kappa shape index (κ1) is 9.21. The van der Waals surface area contributed by atoms with Gasteiger partial charge < -0.3 is 5.11 Å². The molecule has 0 aliphatic rings. The third-order valence-electron chi connectivity index (χ3n) is 1.59. The van der Waals surface area contributed by atoms with Crippen LogP contribution >= 0.6 is 0 Å². The molecule has 0 rings (SSSR count). The minimum atomic E-state index is -0.800. The number of carboxylic acid groups (broad SMARTS) is 1. The summed E-state index contributed by atoms with van der Waals surface area (Å²) in [7, 11) is 0. The Morgan fingerprint density at radius 2 is 1.90 bits per heavy atom. The second kappa shape index (κ2) is 4.09. The number of hydrogen-bond donors (Lipinski definition) is 1. The van der Waals surface area contributed by atoms with Crippen molar-refractivity contribution in [1.29, 1.82) is 0 Å². The van der Waals surface area contributed by atoms with Crippen LogP contribution in [0.1, 0.15) is 33.6 Å². The zero-order valence-electron chi connectivity index (χ0n) is 6.77. The fourth-order valence-electron chi connectivity index (χ4n) is 0.745. The molecule has 0 unspecified atom stereocenters. The monoisotopic (exact) mass is 142 g/mol. The van der Waals surface area contributed by atoms with Crippen molar-refractivity contribution in [1.82, 2.24) is 0 Å². The van der Waals surface area contributed by atoms with Crippen molar-refractivity contribution in [3.05, 3.63) is 11.1 Å². The van der Waals surface area contributed by atoms with Gasteiger partial charge in [-0.15, -0.1) is 0 Å². The Bertz CT molecular complexity index is 157. The molecular formula is C8H14O2. The Balaban J connectivity index is 4.19. The van der Waals surface area contributed by atoms with E-state index in [4.69, 9.17) is 5.11 Å². The van der Waals surface area contributed by atoms with Gasteiger partial charge in [-0.2, -0.15) is 0 Å². The minimum Gasteiger partial charge on any atom is -0.478 e. The summed E-state index contributed by atoms with van der Waals surface area (Å²) in [6, 6.07) is 0. The van der Waals surface area contributed by atoms with Crippen LogP contribution in [-0.2, 0) is 4.79 Å². The van der Waals surface area contributed by atoms with Crippen LogP contribution in [-0.4, -0.2) is 11.1 Å². The molecule has 0 bridgehead atoms. The number of hydrogen-bond acceptors (Lipinski definition) is 1. The van der Waals surface area contributed by atoms with Crippen LogP contribution in [0, 0.1) is 0 Å². The molecule has 0 saturated carbocycles. The Hall–Kier alpha value is -0.790. The van der Waals surface area contributed by atoms with E-state index < -0.39 is 5.97 Å². The van der Waals surface area contributed by atoms with Gasteiger partial charge in [-0.1, -0.05) is 18.9 Å². The third-order valence-corrected chi connectivity index (χ3v) is 1.59. The van der Waals surface area contributed by atoms with E-state index in [0.29, 0.717) is 5.57 Å². The van der Waals surface area contributed by atoms with E-state index in [0.717, 1.165) is 18.4 Å². The molecule has 0 fully saturated rings. The molecule has 0 aromatic rings. The zero-order chi connectivity index (χ0) is 8.15. The van der Waals surface area contributed by atoms with Crippen molar-refractivity contribution in [3.63, 3.8) is 0 Å². The molecule has 0 aliphatic carbocycles. The average molecular weight is 142 g/mol. The summed E-state index contributed by atoms with van der Waals surface area (Å²) < 4.78 is 0. The smallest absolute Gasteiger partial charge is 0.331 e. The quantitative estimate of drug-likeness (QED) is 0.613. The maximum absolute atomic E-state index is 10.4. The molecule has 10 heavy (non-hydrogen) atoms. The SMILES string of the molecule is CCC/C(C)=C(\C)C(=O)O. The number of carbonyl (C=O) groups is 1. The lowest BCUT2D eigenvalue weighted by Gasteiger charge is -1.99. The lowest BCUT2D eigenvalue weighted by atomic mass is 10.1. The predicted molar refractivity (Wildman–Crippen MR) is 40.9 cm³/mol. The van der Waals surface area contributed by atoms with E-state index in [1.165, 1.54) is 0 Å². The van der Waals surface area contributed by atoms with E-state index in [9.17, 15) is 4.79 Å². The summed E-state index contributed by atoms with van der Waals surface area (Å²) in [4.78, 5) is 10.4. The fraction of sp³-hybridized carbons (Fsp3) is 0.625. The second-order valence-corrected chi connectivity index (χ2v) is 2.46. The summed E-state index contributed by atoms with van der Waals surface area (Å²) in [6.45, 7) is 5.55. The lowest BCUT2D eigenvalue weighted by Crippen LogP contribution is -1.99. The van der Waals surface area contributed by atoms with E-state index in [2.05, 4.69) is 0 Å². The predicted octanol–water partition coefficient (Wildman–Crippen LogP) is 2.21. The van der Waals surface area contributed by atoms with Crippen molar-refractivity contribution < 1.29 is 9.90 Å². The van der Waals surface area contributed by atoms with Gasteiger partial charge in [0.15, 0.2) is 0 Å². The third kappa shape index (κ3) is 2.67. The van der Waals surface area contributed by atoms with Crippen LogP contribution < -0.4 is 0 Å². The van der Waals surface area contributed by atoms with Gasteiger partial charge in [0.1, 0.15) is 0 Å². The molecule has 0 saturated heterocycles. The summed E-state index contributed by atoms with van der Waals surface area (Å²) >= 11 is 0. The average Bonchev–Trinajstić information content (AvgIpc) is 1.87. The van der Waals surface area contributed by atoms with E-state index in [1.54, 1.807) is 6.92 Å². The molecule has 0 heterocycles. The number of rotatable bonds is 3. The summed E-state index contributed by atoms with van der Waals surface area (Å²) in [5.74, 6) is -0.800. The van der Waals surface area contributed by atoms with Gasteiger partial charge >= 0.3 is 5.97 Å². The molecule has 58 valence electrons. The molecule has 2 heteroatoms. The Morgan fingerprint density at radius 1 is 1.40 bits per heavy atom. The Labute approximate surface area is 61.6 Å². The molecule has 0 amide bonds. The van der Waals surface area contributed by atoms with Crippen LogP contribution in [0.4, 0.5) is 0 Å². The summed E-state index contributed by atoms with van der Waals surface area (Å²) in [5, 5.41) is 8.52. The number of aliphatic carboxylic acids is 1. The van der Waals surface area contributed by atoms with E-state index in [1.807, 2.05) is 13.8 Å². The number of allylic oxidation sites excluding steroid dienone is 1. The first-order chi connectivity index (χ1) is 4.59. The van der Waals surface area contributed by atoms with Crippen molar-refractivity contribution in [2.45, 2.75) is 33.6 Å². The highest BCUT2D eigenvalue weighted by Crippen LogP contribution is 2.09. The molecule has 2 nitrogen and oxygen atoms in total. The molecule has 1 N–H and O–H groups in total. The number of carboxylic acids is 1. The molecule has 0 aliphatic heterocycles. The first-order valence-electron chi connectivity index (χ1n) is 3.49. The van der Waals surface area contributed by atoms with Gasteiger partial charge in [-0.05, 0) is 20.3 Å². The van der Waals surface area contributed by atoms with Gasteiger partial charge in [0, 0.05) is 5.57 Å². The van der Waals surface area contributed by atoms with Crippen molar-refractivity contribution in [3.8, 4) is 0 Å². The minimum absolute atomic E-state index is 0.488. The van der Waals surface area contributed by atoms with Gasteiger partial charge in [0.05, 0.1) is 0 Å². The van der Waals surface area contributed by atoms with Gasteiger partial charge in [-0.3, -0.25) is 0 Å². The molecule has 0 atom stereocenters. The van der Waals surface area contributed by atoms with Gasteiger partial charge in [0.25, 0.3) is 0 Å². The van der Waals surface area contributed by atoms with Crippen LogP contribution in [0.2, 0.25) is 0 Å². The van der Waals surface area contributed by atoms with Gasteiger partial charge in [0.2, 0.25) is 0 Å². The normalized spacial score (nSPS) is 12.7. The van der Waals surface area contributed by atoms with Crippen LogP contribution in [0.25, 0.3) is 0 Å². The van der Waals surface area contributed by atoms with Crippen molar-refractivity contribution in [2.75, 3.05) is 0 Å². The highest BCUT2D eigenvalue weighted by Gasteiger charge is 2.02. The zero-order valence-corrected chi connectivity index (χ0v) is 6.77. The summed E-state index contributed by atoms with van der Waals surface area (Å²) in [6.07, 6.45) is 1.90. The second-order valence-electron chi connectivity index (χ2n) is 2.46. The van der Waals surface area contributed by atoms with E-state index in [-0.39, 0.29) is 0 Å². The van der Waals surface area contributed by atoms with Crippen molar-refractivity contribution in [2.24, 2.45) is 0 Å². The molecule has 0 aromatic carbocycles. The summed E-state index contributed by atoms with van der Waals surface area (Å²) in [5.41, 5.74) is 1.47. The first-order valence-corrected chi connectivity index (χ1v) is 3.49. The fourth-order valence-corrected chi connectivity index (χ4v) is 0.745. The van der Waals surface area contributed by atoms with Crippen LogP contribution in [0.15, 0.2) is 11.1 Å². The molecule has 0 radical (unpaired) electrons. The molecule has 0 spiro atoms.